The van der Waals surface area contributed by atoms with E-state index in [1.54, 1.807) is 0 Å². The molecule has 3 unspecified atom stereocenters. The molecule has 275 valence electrons. The van der Waals surface area contributed by atoms with Crippen LogP contribution in [0.5, 0.6) is 0 Å². The molecular formula is C48H61Cl2SiZr. The molecule has 4 aromatic rings. The number of fused-ring (bicyclic) bond motifs is 2. The molecule has 0 fully saturated rings. The summed E-state index contributed by atoms with van der Waals surface area (Å²) in [4.78, 5) is 0. The summed E-state index contributed by atoms with van der Waals surface area (Å²) in [6, 6.07) is 30.1. The Balaban J connectivity index is 1.56. The van der Waals surface area contributed by atoms with Gasteiger partial charge < -0.3 is 0 Å². The van der Waals surface area contributed by atoms with E-state index in [4.69, 9.17) is 17.0 Å². The van der Waals surface area contributed by atoms with Crippen molar-refractivity contribution in [2.75, 3.05) is 0 Å². The van der Waals surface area contributed by atoms with Crippen LogP contribution in [0.15, 0.2) is 90.0 Å². The molecule has 3 atom stereocenters. The van der Waals surface area contributed by atoms with Crippen molar-refractivity contribution in [2.24, 2.45) is 5.92 Å². The molecule has 0 saturated carbocycles. The molecule has 0 aromatic heterocycles. The zero-order valence-corrected chi connectivity index (χ0v) is 39.0. The molecule has 0 N–H and O–H groups in total. The molecule has 4 aromatic carbocycles. The van der Waals surface area contributed by atoms with Crippen LogP contribution < -0.4 is 0 Å². The van der Waals surface area contributed by atoms with Gasteiger partial charge in [0.25, 0.3) is 0 Å². The average molecular weight is 828 g/mol. The van der Waals surface area contributed by atoms with Crippen molar-refractivity contribution >= 4 is 35.1 Å². The van der Waals surface area contributed by atoms with E-state index >= 15 is 0 Å². The third kappa shape index (κ3) is 6.80. The summed E-state index contributed by atoms with van der Waals surface area (Å²) in [6.45, 7) is 28.0. The fourth-order valence-electron chi connectivity index (χ4n) is 9.31. The van der Waals surface area contributed by atoms with Crippen LogP contribution in [-0.2, 0) is 26.4 Å². The van der Waals surface area contributed by atoms with Gasteiger partial charge in [0.15, 0.2) is 0 Å². The van der Waals surface area contributed by atoms with Crippen LogP contribution in [0.1, 0.15) is 128 Å². The molecule has 0 radical (unpaired) electrons. The van der Waals surface area contributed by atoms with Crippen molar-refractivity contribution in [2.45, 2.75) is 120 Å². The molecule has 2 aliphatic carbocycles. The van der Waals surface area contributed by atoms with E-state index in [-0.39, 0.29) is 18.1 Å². The first-order valence-corrected chi connectivity index (χ1v) is 36.0. The Kier molecular flexibility index (Phi) is 10.9. The number of hydrogen-bond acceptors (Lipinski definition) is 0. The van der Waals surface area contributed by atoms with Crippen LogP contribution in [0.3, 0.4) is 0 Å². The van der Waals surface area contributed by atoms with E-state index in [0.29, 0.717) is 5.92 Å². The van der Waals surface area contributed by atoms with Crippen molar-refractivity contribution in [1.82, 2.24) is 0 Å². The van der Waals surface area contributed by atoms with Gasteiger partial charge in [-0.25, -0.2) is 0 Å². The van der Waals surface area contributed by atoms with Crippen LogP contribution in [0, 0.1) is 12.8 Å². The number of rotatable bonds is 9. The predicted molar refractivity (Wildman–Crippen MR) is 232 cm³/mol. The molecule has 0 saturated heterocycles. The van der Waals surface area contributed by atoms with Gasteiger partial charge in [0.05, 0.1) is 0 Å². The fourth-order valence-corrected chi connectivity index (χ4v) is 41.4. The molecule has 0 nitrogen and oxygen atoms in total. The zero-order valence-electron chi connectivity index (χ0n) is 33.8. The molecule has 0 amide bonds. The third-order valence-corrected chi connectivity index (χ3v) is 64.5. The number of halogens is 2. The minimum atomic E-state index is -4.92. The standard InChI is InChI=1S/C25H31.C21H23.C2H7Si.2ClH.Zr/c1-6-7-9-18(2)21-16-20-10-8-11-23(24(20)17-21)19-12-14-22(15-13-19)25(3,4)5;1-14-12-19-15(2)6-11-18(20(19)13-14)16-7-9-17(10-8-16)21(3,4)5;1-3-2;;;/h8,10-18H,6-7,9H2,1-5H3;6-13H,1-5H3;3H,1-2H3;2*1H;/q;;;;;+2/p-2. The quantitative estimate of drug-likeness (QED) is 0.147. The van der Waals surface area contributed by atoms with E-state index < -0.39 is 21.5 Å². The zero-order chi connectivity index (χ0) is 38.0. The average Bonchev–Trinajstić information content (AvgIpc) is 3.67. The van der Waals surface area contributed by atoms with Gasteiger partial charge >= 0.3 is 327 Å². The van der Waals surface area contributed by atoms with Crippen LogP contribution in [0.2, 0.25) is 13.1 Å². The summed E-state index contributed by atoms with van der Waals surface area (Å²) in [5, 5.41) is 0. The van der Waals surface area contributed by atoms with E-state index in [2.05, 4.69) is 173 Å². The summed E-state index contributed by atoms with van der Waals surface area (Å²) < 4.78 is 0.160. The molecule has 6 rings (SSSR count). The number of benzene rings is 4. The Bertz CT molecular complexity index is 2030. The van der Waals surface area contributed by atoms with Gasteiger partial charge in [-0.05, 0) is 0 Å². The first kappa shape index (κ1) is 39.7. The number of aryl methyl sites for hydroxylation is 1. The summed E-state index contributed by atoms with van der Waals surface area (Å²) in [6.07, 6.45) is 8.57. The molecule has 4 heteroatoms. The van der Waals surface area contributed by atoms with E-state index in [1.165, 1.54) is 85.2 Å². The Morgan fingerprint density at radius 1 is 0.692 bits per heavy atom. The Hall–Kier alpha value is -1.96. The molecule has 52 heavy (non-hydrogen) atoms. The first-order chi connectivity index (χ1) is 24.3. The van der Waals surface area contributed by atoms with Crippen molar-refractivity contribution in [3.05, 3.63) is 129 Å². The second-order valence-corrected chi connectivity index (χ2v) is 61.1. The second-order valence-electron chi connectivity index (χ2n) is 18.5. The minimum absolute atomic E-state index is 0.0766. The van der Waals surface area contributed by atoms with Crippen LogP contribution in [-0.4, -0.2) is 5.92 Å². The van der Waals surface area contributed by atoms with Gasteiger partial charge in [-0.15, -0.1) is 0 Å². The maximum absolute atomic E-state index is 8.83. The Morgan fingerprint density at radius 2 is 1.23 bits per heavy atom. The van der Waals surface area contributed by atoms with Gasteiger partial charge in [-0.2, -0.15) is 0 Å². The SMILES string of the molecule is CCCCC(C)C1=Cc2c(-c3ccc(C(C)(C)C)cc3)cccc2[CH]1[Zr]([Cl])([Cl])([CH]1C(C)=Cc2c(-c3ccc(C(C)(C)C)cc3)ccc(C)c21)[SiH](C)C. The van der Waals surface area contributed by atoms with Gasteiger partial charge in [0.1, 0.15) is 0 Å². The van der Waals surface area contributed by atoms with E-state index in [9.17, 15) is 0 Å². The second kappa shape index (κ2) is 14.3. The molecule has 0 spiro atoms. The van der Waals surface area contributed by atoms with Crippen molar-refractivity contribution in [1.29, 1.82) is 0 Å². The number of unbranched alkanes of at least 4 members (excludes halogenated alkanes) is 1. The first-order valence-electron chi connectivity index (χ1n) is 19.7. The molecule has 2 aliphatic rings. The monoisotopic (exact) mass is 825 g/mol. The van der Waals surface area contributed by atoms with Crippen molar-refractivity contribution in [3.63, 3.8) is 0 Å². The summed E-state index contributed by atoms with van der Waals surface area (Å²) >= 11 is -4.92. The van der Waals surface area contributed by atoms with Crippen LogP contribution >= 0.6 is 17.0 Å². The van der Waals surface area contributed by atoms with Gasteiger partial charge in [0.2, 0.25) is 0 Å². The maximum atomic E-state index is 8.83. The van der Waals surface area contributed by atoms with E-state index in [0.717, 1.165) is 6.42 Å². The van der Waals surface area contributed by atoms with Crippen molar-refractivity contribution in [3.8, 4) is 22.3 Å². The van der Waals surface area contributed by atoms with Crippen LogP contribution in [0.25, 0.3) is 34.4 Å². The molecule has 0 heterocycles. The fraction of sp³-hybridized carbons (Fsp3) is 0.417. The molecular weight excluding hydrogens is 767 g/mol. The third-order valence-electron chi connectivity index (χ3n) is 12.6. The summed E-state index contributed by atoms with van der Waals surface area (Å²) in [7, 11) is 17.7. The van der Waals surface area contributed by atoms with Crippen molar-refractivity contribution < 1.29 is 15.6 Å². The topological polar surface area (TPSA) is 0 Å². The summed E-state index contributed by atoms with van der Waals surface area (Å²) in [5.41, 5.74) is 17.7. The summed E-state index contributed by atoms with van der Waals surface area (Å²) in [5.74, 6) is -1.27. The predicted octanol–water partition coefficient (Wildman–Crippen LogP) is 15.3. The van der Waals surface area contributed by atoms with Crippen LogP contribution in [0.4, 0.5) is 0 Å². The molecule has 0 bridgehead atoms. The number of hydrogen-bond donors (Lipinski definition) is 0. The Morgan fingerprint density at radius 3 is 1.73 bits per heavy atom. The Labute approximate surface area is 324 Å². The van der Waals surface area contributed by atoms with Gasteiger partial charge in [-0.1, -0.05) is 0 Å². The normalized spacial score (nSPS) is 18.8. The number of allylic oxidation sites excluding steroid dienone is 2. The van der Waals surface area contributed by atoms with E-state index in [1.807, 2.05) is 0 Å². The van der Waals surface area contributed by atoms with Gasteiger partial charge in [0, 0.05) is 0 Å². The van der Waals surface area contributed by atoms with Gasteiger partial charge in [-0.3, -0.25) is 0 Å². The molecule has 0 aliphatic heterocycles.